The number of hydrogen-bond donors (Lipinski definition) is 0. The van der Waals surface area contributed by atoms with Gasteiger partial charge in [-0.3, -0.25) is 0 Å². The molecule has 0 amide bonds. The Bertz CT molecular complexity index is 285. The summed E-state index contributed by atoms with van der Waals surface area (Å²) in [5.41, 5.74) is 0.326. The normalized spacial score (nSPS) is 43.7. The number of rotatable bonds is 2. The molecule has 3 aliphatic rings. The third-order valence-corrected chi connectivity index (χ3v) is 6.78. The molecule has 104 valence electrons. The molecule has 2 heteroatoms. The van der Waals surface area contributed by atoms with Crippen molar-refractivity contribution in [2.75, 3.05) is 0 Å². The van der Waals surface area contributed by atoms with Crippen molar-refractivity contribution >= 4 is 15.9 Å². The van der Waals surface area contributed by atoms with Crippen molar-refractivity contribution in [3.63, 3.8) is 0 Å². The second-order valence-electron chi connectivity index (χ2n) is 7.10. The largest absolute Gasteiger partial charge is 0.372 e. The first-order valence-electron chi connectivity index (χ1n) is 7.99. The van der Waals surface area contributed by atoms with E-state index in [-0.39, 0.29) is 0 Å². The van der Waals surface area contributed by atoms with Crippen LogP contribution in [0.3, 0.4) is 0 Å². The zero-order valence-corrected chi connectivity index (χ0v) is 13.3. The van der Waals surface area contributed by atoms with Gasteiger partial charge in [-0.15, -0.1) is 0 Å². The lowest BCUT2D eigenvalue weighted by Crippen LogP contribution is -2.30. The smallest absolute Gasteiger partial charge is 0.0687 e. The summed E-state index contributed by atoms with van der Waals surface area (Å²) in [6.07, 6.45) is 14.2. The molecular formula is C16H27BrO. The van der Waals surface area contributed by atoms with E-state index in [9.17, 15) is 0 Å². The highest BCUT2D eigenvalue weighted by molar-refractivity contribution is 9.09. The topological polar surface area (TPSA) is 9.23 Å². The van der Waals surface area contributed by atoms with Crippen LogP contribution in [0.2, 0.25) is 0 Å². The van der Waals surface area contributed by atoms with Gasteiger partial charge in [0.25, 0.3) is 0 Å². The van der Waals surface area contributed by atoms with Gasteiger partial charge in [0, 0.05) is 4.83 Å². The van der Waals surface area contributed by atoms with Crippen LogP contribution in [0.1, 0.15) is 71.1 Å². The summed E-state index contributed by atoms with van der Waals surface area (Å²) in [4.78, 5) is 0.748. The molecule has 18 heavy (non-hydrogen) atoms. The lowest BCUT2D eigenvalue weighted by Gasteiger charge is -2.33. The van der Waals surface area contributed by atoms with E-state index in [0.29, 0.717) is 11.7 Å². The Morgan fingerprint density at radius 1 is 1.11 bits per heavy atom. The molecule has 0 N–H and O–H groups in total. The van der Waals surface area contributed by atoms with E-state index < -0.39 is 0 Å². The molecule has 0 aromatic heterocycles. The Kier molecular flexibility index (Phi) is 4.06. The molecule has 1 spiro atoms. The van der Waals surface area contributed by atoms with Crippen LogP contribution < -0.4 is 0 Å². The summed E-state index contributed by atoms with van der Waals surface area (Å²) < 4.78 is 6.48. The second-order valence-corrected chi connectivity index (χ2v) is 8.27. The summed E-state index contributed by atoms with van der Waals surface area (Å²) in [5, 5.41) is 0. The number of alkyl halides is 1. The first-order chi connectivity index (χ1) is 8.67. The molecule has 2 aliphatic carbocycles. The van der Waals surface area contributed by atoms with Gasteiger partial charge in [0.05, 0.1) is 11.7 Å². The quantitative estimate of drug-likeness (QED) is 0.647. The maximum absolute atomic E-state index is 6.48. The maximum atomic E-state index is 6.48. The van der Waals surface area contributed by atoms with E-state index in [1.807, 2.05) is 0 Å². The molecule has 0 aromatic rings. The van der Waals surface area contributed by atoms with Gasteiger partial charge < -0.3 is 4.74 Å². The van der Waals surface area contributed by atoms with Crippen LogP contribution in [-0.2, 0) is 4.74 Å². The summed E-state index contributed by atoms with van der Waals surface area (Å²) in [6, 6.07) is 0. The van der Waals surface area contributed by atoms with Crippen molar-refractivity contribution in [1.82, 2.24) is 0 Å². The maximum Gasteiger partial charge on any atom is 0.0687 e. The van der Waals surface area contributed by atoms with Crippen molar-refractivity contribution in [3.05, 3.63) is 0 Å². The molecule has 3 fully saturated rings. The van der Waals surface area contributed by atoms with E-state index >= 15 is 0 Å². The van der Waals surface area contributed by atoms with Crippen LogP contribution in [0.25, 0.3) is 0 Å². The van der Waals surface area contributed by atoms with E-state index in [4.69, 9.17) is 4.74 Å². The van der Waals surface area contributed by atoms with Crippen molar-refractivity contribution in [3.8, 4) is 0 Å². The fourth-order valence-corrected chi connectivity index (χ4v) is 5.19. The van der Waals surface area contributed by atoms with Crippen molar-refractivity contribution in [2.24, 2.45) is 11.8 Å². The van der Waals surface area contributed by atoms with Crippen LogP contribution >= 0.6 is 15.9 Å². The predicted octanol–water partition coefficient (Wildman–Crippen LogP) is 5.07. The number of halogens is 1. The molecule has 4 unspecified atom stereocenters. The number of ether oxygens (including phenoxy) is 1. The minimum Gasteiger partial charge on any atom is -0.372 e. The molecular weight excluding hydrogens is 288 g/mol. The van der Waals surface area contributed by atoms with Gasteiger partial charge in [-0.2, -0.15) is 0 Å². The predicted molar refractivity (Wildman–Crippen MR) is 79.1 cm³/mol. The molecule has 2 saturated carbocycles. The van der Waals surface area contributed by atoms with Crippen LogP contribution in [-0.4, -0.2) is 16.5 Å². The average Bonchev–Trinajstić information content (AvgIpc) is 2.95. The Morgan fingerprint density at radius 2 is 1.89 bits per heavy atom. The van der Waals surface area contributed by atoms with Gasteiger partial charge in [-0.05, 0) is 63.2 Å². The van der Waals surface area contributed by atoms with Gasteiger partial charge in [0.2, 0.25) is 0 Å². The Labute approximate surface area is 120 Å². The van der Waals surface area contributed by atoms with E-state index in [1.54, 1.807) is 0 Å². The molecule has 3 rings (SSSR count). The van der Waals surface area contributed by atoms with E-state index in [0.717, 1.165) is 16.7 Å². The molecule has 1 nitrogen and oxygen atoms in total. The third-order valence-electron chi connectivity index (χ3n) is 5.57. The van der Waals surface area contributed by atoms with Gasteiger partial charge in [0.1, 0.15) is 0 Å². The monoisotopic (exact) mass is 314 g/mol. The lowest BCUT2D eigenvalue weighted by molar-refractivity contribution is -0.0461. The van der Waals surface area contributed by atoms with E-state index in [2.05, 4.69) is 22.9 Å². The zero-order valence-electron chi connectivity index (χ0n) is 11.7. The number of hydrogen-bond acceptors (Lipinski definition) is 1. The Hall–Kier alpha value is 0.440. The van der Waals surface area contributed by atoms with E-state index in [1.165, 1.54) is 64.2 Å². The fraction of sp³-hybridized carbons (Fsp3) is 1.00. The van der Waals surface area contributed by atoms with Crippen LogP contribution in [0.4, 0.5) is 0 Å². The molecule has 1 heterocycles. The van der Waals surface area contributed by atoms with Crippen LogP contribution in [0.15, 0.2) is 0 Å². The minimum absolute atomic E-state index is 0.326. The Balaban J connectivity index is 1.54. The van der Waals surface area contributed by atoms with Gasteiger partial charge in [-0.1, -0.05) is 35.7 Å². The highest BCUT2D eigenvalue weighted by Crippen LogP contribution is 2.46. The van der Waals surface area contributed by atoms with Crippen molar-refractivity contribution in [1.29, 1.82) is 0 Å². The first kappa shape index (κ1) is 13.4. The molecule has 0 aromatic carbocycles. The summed E-state index contributed by atoms with van der Waals surface area (Å²) in [7, 11) is 0. The molecule has 1 aliphatic heterocycles. The first-order valence-corrected chi connectivity index (χ1v) is 8.90. The fourth-order valence-electron chi connectivity index (χ4n) is 4.49. The molecule has 0 bridgehead atoms. The van der Waals surface area contributed by atoms with Crippen molar-refractivity contribution in [2.45, 2.75) is 87.7 Å². The summed E-state index contributed by atoms with van der Waals surface area (Å²) in [6.45, 7) is 2.42. The highest BCUT2D eigenvalue weighted by atomic mass is 79.9. The average molecular weight is 315 g/mol. The van der Waals surface area contributed by atoms with Crippen molar-refractivity contribution < 1.29 is 4.74 Å². The highest BCUT2D eigenvalue weighted by Gasteiger charge is 2.43. The minimum atomic E-state index is 0.326. The zero-order chi connectivity index (χ0) is 12.6. The molecule has 1 saturated heterocycles. The third kappa shape index (κ3) is 2.80. The molecule has 0 radical (unpaired) electrons. The van der Waals surface area contributed by atoms with Gasteiger partial charge >= 0.3 is 0 Å². The van der Waals surface area contributed by atoms with Crippen LogP contribution in [0, 0.1) is 11.8 Å². The standard InChI is InChI=1S/C16H27BrO/c1-12-4-5-15(17)13(10-12)11-14-6-9-16(18-14)7-2-3-8-16/h12-15H,2-11H2,1H3. The lowest BCUT2D eigenvalue weighted by atomic mass is 9.79. The van der Waals surface area contributed by atoms with Gasteiger partial charge in [0.15, 0.2) is 0 Å². The SMILES string of the molecule is CC1CCC(Br)C(CC2CCC3(CCCC3)O2)C1. The second kappa shape index (κ2) is 5.44. The summed E-state index contributed by atoms with van der Waals surface area (Å²) >= 11 is 3.91. The summed E-state index contributed by atoms with van der Waals surface area (Å²) in [5.74, 6) is 1.78. The van der Waals surface area contributed by atoms with Gasteiger partial charge in [-0.25, -0.2) is 0 Å². The Morgan fingerprint density at radius 3 is 2.67 bits per heavy atom. The molecule has 4 atom stereocenters. The van der Waals surface area contributed by atoms with Crippen LogP contribution in [0.5, 0.6) is 0 Å².